The zero-order valence-electron chi connectivity index (χ0n) is 46.4. The third-order valence-electron chi connectivity index (χ3n) is 15.2. The minimum atomic E-state index is -4.09. The number of unbranched alkanes of at least 4 members (excludes halogenated alkanes) is 2. The number of aromatic nitrogens is 7. The van der Waals surface area contributed by atoms with Crippen molar-refractivity contribution < 1.29 is 37.0 Å². The number of nitrogens with zero attached hydrogens (tertiary/aromatic N) is 6. The van der Waals surface area contributed by atoms with Gasteiger partial charge < -0.3 is 38.3 Å². The molecule has 1 atom stereocenters. The van der Waals surface area contributed by atoms with Gasteiger partial charge in [0.1, 0.15) is 16.4 Å². The second-order valence-electron chi connectivity index (χ2n) is 21.2. The summed E-state index contributed by atoms with van der Waals surface area (Å²) in [5.41, 5.74) is 9.58. The van der Waals surface area contributed by atoms with E-state index in [9.17, 15) is 24.0 Å². The number of carbonyl (C=O) groups is 4. The first-order valence-corrected chi connectivity index (χ1v) is 29.2. The van der Waals surface area contributed by atoms with Gasteiger partial charge in [0, 0.05) is 84.0 Å². The number of anilines is 1. The average Bonchev–Trinajstić information content (AvgIpc) is 3.02. The first-order valence-electron chi connectivity index (χ1n) is 27.9. The van der Waals surface area contributed by atoms with E-state index in [0.717, 1.165) is 43.8 Å². The number of allylic oxidation sites excluding steroid dienone is 2. The molecular weight excluding hydrogens is 1120 g/mol. The highest BCUT2D eigenvalue weighted by Gasteiger charge is 2.54. The second-order valence-corrected chi connectivity index (χ2v) is 22.5. The zero-order valence-corrected chi connectivity index (χ0v) is 48.1. The number of H-pyrrole nitrogens is 2. The molecule has 23 heteroatoms. The fourth-order valence-electron chi connectivity index (χ4n) is 11.1. The molecule has 0 spiro atoms. The van der Waals surface area contributed by atoms with E-state index in [1.54, 1.807) is 73.0 Å². The van der Waals surface area contributed by atoms with Crippen LogP contribution in [0.3, 0.4) is 0 Å². The standard InChI is InChI=1S/C62H59BF2N12O6S2/c1-38-9-22-50-42(29-38)14-15-43-30-39(2)10-23-51(43)57(50)52-36-75(62(82)70-60(52)84)35-41-31-44(33-45(32-41)59(81)69-61-71-73-74-72-61)58(80)68-27-26-67-55(78)8-4-3-5-25-66-56(79)37-83-49-20-12-40(13-21-49)11-16-46-17-18-47-34-48-19-24-53(54-7-6-28-85-54)77(48)63(64,65)76(46)47/h6-7,9-24,28-33,36,47,57H,3-5,8,25-27,34-35,37H2,1-2H3,(H,66,79)(H,67,78)(H,68,80)(H,70,82,84)(H2,69,71,72,73,74,81)/b16-11+. The van der Waals surface area contributed by atoms with Crippen molar-refractivity contribution in [3.8, 4) is 16.3 Å². The Morgan fingerprint density at radius 1 is 0.812 bits per heavy atom. The van der Waals surface area contributed by atoms with Crippen LogP contribution in [0.5, 0.6) is 5.75 Å². The minimum absolute atomic E-state index is 0.0366. The number of ether oxygens (including phenoxy) is 1. The van der Waals surface area contributed by atoms with Gasteiger partial charge in [0.25, 0.3) is 23.7 Å². The van der Waals surface area contributed by atoms with Crippen molar-refractivity contribution in [1.82, 2.24) is 50.6 Å². The highest BCUT2D eigenvalue weighted by Crippen LogP contribution is 2.41. The molecule has 18 nitrogen and oxygen atoms in total. The Hall–Kier alpha value is -9.48. The Bertz CT molecular complexity index is 4060. The van der Waals surface area contributed by atoms with Crippen LogP contribution in [0.1, 0.15) is 108 Å². The lowest BCUT2D eigenvalue weighted by molar-refractivity contribution is -0.455. The van der Waals surface area contributed by atoms with Gasteiger partial charge in [-0.15, -0.1) is 16.4 Å². The number of thiophene rings is 1. The molecule has 4 amide bonds. The third-order valence-corrected chi connectivity index (χ3v) is 16.4. The summed E-state index contributed by atoms with van der Waals surface area (Å²) in [4.78, 5) is 70.0. The molecule has 6 N–H and O–H groups in total. The number of fused-ring (bicyclic) bond motifs is 4. The second kappa shape index (κ2) is 25.2. The van der Waals surface area contributed by atoms with Crippen molar-refractivity contribution in [2.75, 3.05) is 31.6 Å². The number of hydrogen-bond acceptors (Lipinski definition) is 11. The number of amides is 4. The van der Waals surface area contributed by atoms with Crippen LogP contribution in [0.2, 0.25) is 0 Å². The third kappa shape index (κ3) is 13.0. The zero-order chi connectivity index (χ0) is 59.2. The van der Waals surface area contributed by atoms with Crippen molar-refractivity contribution >= 4 is 84.0 Å². The van der Waals surface area contributed by atoms with E-state index >= 15 is 8.63 Å². The molecule has 432 valence electrons. The van der Waals surface area contributed by atoms with Crippen LogP contribution < -0.4 is 31.7 Å². The maximum Gasteiger partial charge on any atom is 0.732 e. The Kier molecular flexibility index (Phi) is 17.0. The lowest BCUT2D eigenvalue weighted by Crippen LogP contribution is -2.56. The molecule has 4 aromatic carbocycles. The number of aryl methyl sites for hydroxylation is 2. The molecule has 6 heterocycles. The van der Waals surface area contributed by atoms with Crippen LogP contribution in [-0.4, -0.2) is 108 Å². The lowest BCUT2D eigenvalue weighted by Gasteiger charge is -2.35. The molecule has 0 radical (unpaired) electrons. The summed E-state index contributed by atoms with van der Waals surface area (Å²) in [5.74, 6) is -1.56. The van der Waals surface area contributed by atoms with Crippen LogP contribution in [0.4, 0.5) is 14.6 Å². The van der Waals surface area contributed by atoms with Gasteiger partial charge in [-0.3, -0.25) is 34.0 Å². The van der Waals surface area contributed by atoms with Gasteiger partial charge in [0.05, 0.1) is 6.54 Å². The van der Waals surface area contributed by atoms with Crippen molar-refractivity contribution in [3.05, 3.63) is 215 Å². The van der Waals surface area contributed by atoms with Gasteiger partial charge >= 0.3 is 12.7 Å². The molecule has 4 aromatic heterocycles. The molecule has 1 aliphatic carbocycles. The van der Waals surface area contributed by atoms with Crippen molar-refractivity contribution in [2.45, 2.75) is 64.5 Å². The van der Waals surface area contributed by atoms with E-state index in [2.05, 4.69) is 95.4 Å². The average molecular weight is 1180 g/mol. The summed E-state index contributed by atoms with van der Waals surface area (Å²) >= 11 is 7.30. The largest absolute Gasteiger partial charge is 0.732 e. The number of nitrogens with one attached hydrogen (secondary N) is 6. The Morgan fingerprint density at radius 2 is 1.54 bits per heavy atom. The number of halogens is 2. The molecule has 0 saturated carbocycles. The van der Waals surface area contributed by atoms with E-state index in [4.69, 9.17) is 17.0 Å². The first kappa shape index (κ1) is 57.3. The van der Waals surface area contributed by atoms with Crippen molar-refractivity contribution in [2.24, 2.45) is 0 Å². The maximum atomic E-state index is 16.2. The Balaban J connectivity index is 0.632. The number of hydrogen-bond donors (Lipinski definition) is 6. The molecule has 8 aromatic rings. The van der Waals surface area contributed by atoms with Crippen molar-refractivity contribution in [1.29, 1.82) is 0 Å². The van der Waals surface area contributed by atoms with E-state index in [1.807, 2.05) is 37.4 Å². The van der Waals surface area contributed by atoms with Crippen LogP contribution in [0, 0.1) is 18.5 Å². The monoisotopic (exact) mass is 1180 g/mol. The SMILES string of the molecule is Cc1ccc2c(c1)C=Cc1cc(C)ccc1C2c1cn(Cc2cc(C(=O)NCCNC(=O)CCCCCNC(=O)COc3ccc(/C=C/C4=[N+]5C(C=C4)Cc4ccc(-c6cccs6)n4[B-]5(F)F)cc3)cc(C(=O)Nc3nn[nH]n3)c2)c(=O)[nH]c1=S. The first-order chi connectivity index (χ1) is 41.1. The molecule has 0 bridgehead atoms. The van der Waals surface area contributed by atoms with Gasteiger partial charge in [-0.2, -0.15) is 5.21 Å². The Morgan fingerprint density at radius 3 is 2.26 bits per heavy atom. The fourth-order valence-corrected chi connectivity index (χ4v) is 12.1. The maximum absolute atomic E-state index is 16.2. The highest BCUT2D eigenvalue weighted by atomic mass is 32.1. The predicted molar refractivity (Wildman–Crippen MR) is 327 cm³/mol. The number of benzene rings is 4. The lowest BCUT2D eigenvalue weighted by atomic mass is 9.83. The smallest absolute Gasteiger partial charge is 0.484 e. The summed E-state index contributed by atoms with van der Waals surface area (Å²) in [7, 11) is 0. The minimum Gasteiger partial charge on any atom is -0.484 e. The molecule has 85 heavy (non-hydrogen) atoms. The van der Waals surface area contributed by atoms with Gasteiger partial charge in [-0.25, -0.2) is 4.79 Å². The number of rotatable bonds is 21. The molecule has 11 rings (SSSR count). The summed E-state index contributed by atoms with van der Waals surface area (Å²) in [6.45, 7) is 0.375. The summed E-state index contributed by atoms with van der Waals surface area (Å²) in [5, 5.41) is 26.3. The van der Waals surface area contributed by atoms with Crippen LogP contribution in [0.25, 0.3) is 28.8 Å². The van der Waals surface area contributed by atoms with Gasteiger partial charge in [0.2, 0.25) is 5.91 Å². The summed E-state index contributed by atoms with van der Waals surface area (Å²) < 4.78 is 42.4. The summed E-state index contributed by atoms with van der Waals surface area (Å²) in [6, 6.07) is 31.0. The molecule has 1 unspecified atom stereocenters. The topological polar surface area (TPSA) is 226 Å². The van der Waals surface area contributed by atoms with Gasteiger partial charge in [-0.1, -0.05) is 102 Å². The van der Waals surface area contributed by atoms with Crippen LogP contribution in [-0.2, 0) is 22.6 Å². The molecule has 2 aliphatic heterocycles. The fraction of sp³-hybridized carbons (Fsp3) is 0.226. The predicted octanol–water partition coefficient (Wildman–Crippen LogP) is 9.02. The van der Waals surface area contributed by atoms with E-state index in [-0.39, 0.29) is 67.5 Å². The highest BCUT2D eigenvalue weighted by molar-refractivity contribution is 7.71. The number of tetrazole rings is 1. The van der Waals surface area contributed by atoms with E-state index in [0.29, 0.717) is 70.8 Å². The molecule has 0 saturated heterocycles. The van der Waals surface area contributed by atoms with Gasteiger partial charge in [-0.05, 0) is 137 Å². The quantitative estimate of drug-likeness (QED) is 0.0227. The van der Waals surface area contributed by atoms with Crippen molar-refractivity contribution in [3.63, 3.8) is 0 Å². The van der Waals surface area contributed by atoms with E-state index in [1.165, 1.54) is 30.9 Å². The number of aromatic amines is 2. The van der Waals surface area contributed by atoms with Gasteiger partial charge in [0.15, 0.2) is 12.3 Å². The van der Waals surface area contributed by atoms with Crippen LogP contribution >= 0.6 is 23.6 Å². The normalized spacial score (nSPS) is 14.8. The van der Waals surface area contributed by atoms with Crippen LogP contribution in [0.15, 0.2) is 138 Å². The number of carbonyl (C=O) groups excluding carboxylic acids is 4. The summed E-state index contributed by atoms with van der Waals surface area (Å²) in [6.07, 6.45) is 15.6. The Labute approximate surface area is 496 Å². The molecule has 0 fully saturated rings. The molecular formula is C62H59BF2N12O6S2. The van der Waals surface area contributed by atoms with E-state index < -0.39 is 30.5 Å². The molecule has 3 aliphatic rings.